The molecule has 0 amide bonds. The number of nitrogens with two attached hydrogens (primary N) is 1. The predicted molar refractivity (Wildman–Crippen MR) is 59.5 cm³/mol. The molecule has 0 aliphatic rings. The fraction of sp³-hybridized carbons (Fsp3) is 0.500. The zero-order valence-electron chi connectivity index (χ0n) is 9.59. The fourth-order valence-corrected chi connectivity index (χ4v) is 1.32. The topological polar surface area (TPSA) is 35.2 Å². The van der Waals surface area contributed by atoms with E-state index in [9.17, 15) is 8.78 Å². The summed E-state index contributed by atoms with van der Waals surface area (Å²) < 4.78 is 32.2. The van der Waals surface area contributed by atoms with E-state index < -0.39 is 11.6 Å². The van der Waals surface area contributed by atoms with Crippen molar-refractivity contribution >= 4 is 0 Å². The first-order valence-corrected chi connectivity index (χ1v) is 5.43. The standard InChI is InChI=1S/C12H17F2NO/c1-3-8(2)16-12-10(13)6-9(4-5-15)7-11(12)14/h6-8H,3-5,15H2,1-2H3. The van der Waals surface area contributed by atoms with Crippen LogP contribution in [0.2, 0.25) is 0 Å². The lowest BCUT2D eigenvalue weighted by atomic mass is 10.1. The normalized spacial score (nSPS) is 12.6. The van der Waals surface area contributed by atoms with E-state index >= 15 is 0 Å². The highest BCUT2D eigenvalue weighted by Gasteiger charge is 2.14. The molecule has 0 spiro atoms. The Bertz CT molecular complexity index is 332. The van der Waals surface area contributed by atoms with Crippen LogP contribution in [-0.4, -0.2) is 12.6 Å². The zero-order valence-corrected chi connectivity index (χ0v) is 9.59. The Labute approximate surface area is 94.4 Å². The fourth-order valence-electron chi connectivity index (χ4n) is 1.32. The van der Waals surface area contributed by atoms with Gasteiger partial charge >= 0.3 is 0 Å². The molecule has 2 nitrogen and oxygen atoms in total. The lowest BCUT2D eigenvalue weighted by Crippen LogP contribution is -2.12. The molecule has 0 aromatic heterocycles. The molecular formula is C12H17F2NO. The molecule has 0 fully saturated rings. The highest BCUT2D eigenvalue weighted by atomic mass is 19.1. The van der Waals surface area contributed by atoms with Crippen molar-refractivity contribution < 1.29 is 13.5 Å². The summed E-state index contributed by atoms with van der Waals surface area (Å²) in [4.78, 5) is 0. The SMILES string of the molecule is CCC(C)Oc1c(F)cc(CCN)cc1F. The Morgan fingerprint density at radius 3 is 2.31 bits per heavy atom. The summed E-state index contributed by atoms with van der Waals surface area (Å²) in [6, 6.07) is 2.54. The van der Waals surface area contributed by atoms with Crippen molar-refractivity contribution in [2.45, 2.75) is 32.8 Å². The van der Waals surface area contributed by atoms with Gasteiger partial charge in [0, 0.05) is 0 Å². The van der Waals surface area contributed by atoms with E-state index in [4.69, 9.17) is 10.5 Å². The van der Waals surface area contributed by atoms with Gasteiger partial charge in [-0.15, -0.1) is 0 Å². The maximum atomic E-state index is 13.5. The van der Waals surface area contributed by atoms with Crippen molar-refractivity contribution in [1.82, 2.24) is 0 Å². The van der Waals surface area contributed by atoms with Crippen LogP contribution in [-0.2, 0) is 6.42 Å². The lowest BCUT2D eigenvalue weighted by Gasteiger charge is -2.14. The summed E-state index contributed by atoms with van der Waals surface area (Å²) in [5.74, 6) is -1.62. The van der Waals surface area contributed by atoms with Crippen molar-refractivity contribution in [1.29, 1.82) is 0 Å². The Morgan fingerprint density at radius 2 is 1.88 bits per heavy atom. The number of hydrogen-bond acceptors (Lipinski definition) is 2. The number of ether oxygens (including phenoxy) is 1. The smallest absolute Gasteiger partial charge is 0.191 e. The lowest BCUT2D eigenvalue weighted by molar-refractivity contribution is 0.197. The van der Waals surface area contributed by atoms with Gasteiger partial charge in [-0.1, -0.05) is 6.92 Å². The Balaban J connectivity index is 2.93. The first-order valence-electron chi connectivity index (χ1n) is 5.43. The van der Waals surface area contributed by atoms with Crippen molar-refractivity contribution in [3.8, 4) is 5.75 Å². The third kappa shape index (κ3) is 3.17. The van der Waals surface area contributed by atoms with Crippen LogP contribution in [0.4, 0.5) is 8.78 Å². The molecule has 0 heterocycles. The van der Waals surface area contributed by atoms with E-state index in [1.807, 2.05) is 6.92 Å². The minimum atomic E-state index is -0.663. The third-order valence-corrected chi connectivity index (χ3v) is 2.39. The summed E-state index contributed by atoms with van der Waals surface area (Å²) >= 11 is 0. The quantitative estimate of drug-likeness (QED) is 0.842. The second-order valence-electron chi connectivity index (χ2n) is 3.76. The van der Waals surface area contributed by atoms with Gasteiger partial charge in [0.1, 0.15) is 0 Å². The van der Waals surface area contributed by atoms with E-state index in [0.717, 1.165) is 0 Å². The molecule has 0 saturated heterocycles. The molecule has 1 aromatic carbocycles. The van der Waals surface area contributed by atoms with E-state index in [1.54, 1.807) is 6.92 Å². The highest BCUT2D eigenvalue weighted by molar-refractivity contribution is 5.31. The van der Waals surface area contributed by atoms with Crippen molar-refractivity contribution in [3.63, 3.8) is 0 Å². The Hall–Kier alpha value is -1.16. The van der Waals surface area contributed by atoms with Gasteiger partial charge in [-0.05, 0) is 44.0 Å². The van der Waals surface area contributed by atoms with Crippen LogP contribution in [0.15, 0.2) is 12.1 Å². The average Bonchev–Trinajstić information content (AvgIpc) is 2.23. The highest BCUT2D eigenvalue weighted by Crippen LogP contribution is 2.25. The number of halogens is 2. The van der Waals surface area contributed by atoms with Gasteiger partial charge in [0.05, 0.1) is 6.10 Å². The summed E-state index contributed by atoms with van der Waals surface area (Å²) in [6.07, 6.45) is 0.949. The van der Waals surface area contributed by atoms with Gasteiger partial charge in [0.25, 0.3) is 0 Å². The van der Waals surface area contributed by atoms with Gasteiger partial charge in [-0.3, -0.25) is 0 Å². The maximum Gasteiger partial charge on any atom is 0.191 e. The molecule has 0 aliphatic carbocycles. The minimum Gasteiger partial charge on any atom is -0.485 e. The molecule has 4 heteroatoms. The molecule has 2 N–H and O–H groups in total. The molecule has 16 heavy (non-hydrogen) atoms. The molecule has 0 radical (unpaired) electrons. The molecule has 0 bridgehead atoms. The van der Waals surface area contributed by atoms with Gasteiger partial charge in [0.15, 0.2) is 17.4 Å². The second kappa shape index (κ2) is 5.80. The van der Waals surface area contributed by atoms with Crippen LogP contribution in [0.5, 0.6) is 5.75 Å². The summed E-state index contributed by atoms with van der Waals surface area (Å²) in [6.45, 7) is 4.03. The van der Waals surface area contributed by atoms with Crippen LogP contribution >= 0.6 is 0 Å². The van der Waals surface area contributed by atoms with Gasteiger partial charge in [-0.2, -0.15) is 0 Å². The number of hydrogen-bond donors (Lipinski definition) is 1. The van der Waals surface area contributed by atoms with E-state index in [1.165, 1.54) is 12.1 Å². The number of rotatable bonds is 5. The molecule has 0 aliphatic heterocycles. The van der Waals surface area contributed by atoms with Gasteiger partial charge in [-0.25, -0.2) is 8.78 Å². The average molecular weight is 229 g/mol. The summed E-state index contributed by atoms with van der Waals surface area (Å²) in [5.41, 5.74) is 5.87. The van der Waals surface area contributed by atoms with E-state index in [2.05, 4.69) is 0 Å². The van der Waals surface area contributed by atoms with Crippen LogP contribution < -0.4 is 10.5 Å². The molecule has 1 aromatic rings. The monoisotopic (exact) mass is 229 g/mol. The van der Waals surface area contributed by atoms with E-state index in [-0.39, 0.29) is 11.9 Å². The third-order valence-electron chi connectivity index (χ3n) is 2.39. The van der Waals surface area contributed by atoms with Crippen molar-refractivity contribution in [2.24, 2.45) is 5.73 Å². The molecule has 0 saturated carbocycles. The second-order valence-corrected chi connectivity index (χ2v) is 3.76. The number of benzene rings is 1. The van der Waals surface area contributed by atoms with Crippen LogP contribution in [0.25, 0.3) is 0 Å². The molecule has 1 rings (SSSR count). The molecule has 90 valence electrons. The summed E-state index contributed by atoms with van der Waals surface area (Å²) in [7, 11) is 0. The van der Waals surface area contributed by atoms with Gasteiger partial charge in [0.2, 0.25) is 0 Å². The largest absolute Gasteiger partial charge is 0.485 e. The molecule has 1 atom stereocenters. The first-order chi connectivity index (χ1) is 7.58. The van der Waals surface area contributed by atoms with Crippen LogP contribution in [0.1, 0.15) is 25.8 Å². The van der Waals surface area contributed by atoms with E-state index in [0.29, 0.717) is 24.9 Å². The van der Waals surface area contributed by atoms with Crippen molar-refractivity contribution in [3.05, 3.63) is 29.3 Å². The summed E-state index contributed by atoms with van der Waals surface area (Å²) in [5, 5.41) is 0. The molecular weight excluding hydrogens is 212 g/mol. The first kappa shape index (κ1) is 12.9. The maximum absolute atomic E-state index is 13.5. The molecule has 1 unspecified atom stereocenters. The van der Waals surface area contributed by atoms with Crippen LogP contribution in [0, 0.1) is 11.6 Å². The van der Waals surface area contributed by atoms with Crippen molar-refractivity contribution in [2.75, 3.05) is 6.54 Å². The zero-order chi connectivity index (χ0) is 12.1. The Kier molecular flexibility index (Phi) is 4.68. The predicted octanol–water partition coefficient (Wildman–Crippen LogP) is 2.64. The minimum absolute atomic E-state index is 0.204. The van der Waals surface area contributed by atoms with Crippen LogP contribution in [0.3, 0.4) is 0 Å². The Morgan fingerprint density at radius 1 is 1.31 bits per heavy atom. The van der Waals surface area contributed by atoms with Gasteiger partial charge < -0.3 is 10.5 Å².